The molecule has 38 heteroatoms. The molecule has 14 amide bonds. The number of nitrogens with two attached hydrogens (primary N) is 2. The number of nitrogens with one attached hydrogen (secondary N) is 11. The highest BCUT2D eigenvalue weighted by atomic mass is 16.4. The maximum absolute atomic E-state index is 14.0. The van der Waals surface area contributed by atoms with Crippen LogP contribution in [0, 0.1) is 5.41 Å². The van der Waals surface area contributed by atoms with Crippen LogP contribution < -0.4 is 64.6 Å². The van der Waals surface area contributed by atoms with Crippen molar-refractivity contribution >= 4 is 101 Å². The van der Waals surface area contributed by atoms with Gasteiger partial charge in [0.2, 0.25) is 82.7 Å². The van der Waals surface area contributed by atoms with Crippen molar-refractivity contribution in [3.63, 3.8) is 0 Å². The minimum Gasteiger partial charge on any atom is -0.481 e. The highest BCUT2D eigenvalue weighted by Gasteiger charge is 2.44. The summed E-state index contributed by atoms with van der Waals surface area (Å²) >= 11 is 0. The van der Waals surface area contributed by atoms with Crippen molar-refractivity contribution < 1.29 is 97.1 Å². The number of carboxylic acids is 2. The van der Waals surface area contributed by atoms with Crippen molar-refractivity contribution in [1.29, 1.82) is 5.41 Å². The van der Waals surface area contributed by atoms with E-state index in [4.69, 9.17) is 16.9 Å². The van der Waals surface area contributed by atoms with Gasteiger partial charge in [-0.1, -0.05) is 0 Å². The van der Waals surface area contributed by atoms with Gasteiger partial charge >= 0.3 is 11.9 Å². The van der Waals surface area contributed by atoms with Gasteiger partial charge in [-0.2, -0.15) is 0 Å². The molecule has 5 aliphatic rings. The zero-order valence-corrected chi connectivity index (χ0v) is 50.9. The van der Waals surface area contributed by atoms with Gasteiger partial charge < -0.3 is 110 Å². The Labute approximate surface area is 526 Å². The Balaban J connectivity index is 1.04. The molecule has 0 bridgehead atoms. The summed E-state index contributed by atoms with van der Waals surface area (Å²) in [5.74, 6) is -14.3. The number of amides is 14. The van der Waals surface area contributed by atoms with E-state index in [2.05, 4.69) is 53.2 Å². The van der Waals surface area contributed by atoms with Gasteiger partial charge in [0.25, 0.3) is 0 Å². The number of carboxylic acid groups (broad SMARTS) is 2. The van der Waals surface area contributed by atoms with Crippen molar-refractivity contribution in [2.75, 3.05) is 85.2 Å². The molecular formula is C54H84N18O20. The maximum atomic E-state index is 14.0. The molecule has 19 N–H and O–H groups in total. The number of carbonyl (C=O) groups is 16. The van der Waals surface area contributed by atoms with Gasteiger partial charge in [-0.15, -0.1) is 0 Å². The first-order chi connectivity index (χ1) is 43.7. The zero-order valence-electron chi connectivity index (χ0n) is 50.9. The Morgan fingerprint density at radius 3 is 1.42 bits per heavy atom. The number of hydrogen-bond donors (Lipinski definition) is 17. The number of guanidine groups is 1. The van der Waals surface area contributed by atoms with E-state index in [0.717, 1.165) is 4.90 Å². The molecule has 5 heterocycles. The molecule has 5 fully saturated rings. The predicted octanol–water partition coefficient (Wildman–Crippen LogP) is -10.4. The van der Waals surface area contributed by atoms with Crippen molar-refractivity contribution in [2.45, 2.75) is 151 Å². The van der Waals surface area contributed by atoms with E-state index in [1.807, 2.05) is 0 Å². The Hall–Kier alpha value is -9.33. The van der Waals surface area contributed by atoms with Gasteiger partial charge in [-0.25, -0.2) is 4.79 Å². The SMILES string of the molecule is C[C@H](NC(=O)[C@@H]1CCCN1C(=O)CNC(=O)[C@H](CO)NC(=O)[C@@H]1CCCN1C(=O)CNC(=O)[C@@H]1CCCN1C(=O)[C@@H]1CCCN1C(=O)CNC(=O)[C@@H]1CCCN1C(=O)[C@H](CO)NC(=O)CN)C(=O)NCC(=O)N[C@@H](CC(=O)O)C(=O)N[C@@H](CCCNC(=N)N)C(=O)O. The largest absolute Gasteiger partial charge is 0.481 e. The fraction of sp³-hybridized carbons (Fsp3) is 0.685. The van der Waals surface area contributed by atoms with Crippen LogP contribution in [0.25, 0.3) is 0 Å². The molecule has 0 aromatic rings. The molecule has 0 radical (unpaired) electrons. The van der Waals surface area contributed by atoms with Crippen molar-refractivity contribution in [2.24, 2.45) is 11.5 Å². The van der Waals surface area contributed by atoms with Crippen LogP contribution in [0.3, 0.4) is 0 Å². The molecule has 0 aromatic heterocycles. The van der Waals surface area contributed by atoms with Crippen molar-refractivity contribution in [1.82, 2.24) is 77.7 Å². The van der Waals surface area contributed by atoms with Gasteiger partial charge in [-0.05, 0) is 84.0 Å². The minimum absolute atomic E-state index is 0.0577. The number of aliphatic hydroxyl groups excluding tert-OH is 2. The molecular weight excluding hydrogens is 1220 g/mol. The molecule has 38 nitrogen and oxygen atoms in total. The molecule has 92 heavy (non-hydrogen) atoms. The second-order valence-corrected chi connectivity index (χ2v) is 22.6. The second-order valence-electron chi connectivity index (χ2n) is 22.6. The normalized spacial score (nSPS) is 20.9. The number of nitrogens with zero attached hydrogens (tertiary/aromatic N) is 5. The third-order valence-electron chi connectivity index (χ3n) is 16.2. The fourth-order valence-corrected chi connectivity index (χ4v) is 11.4. The molecule has 5 rings (SSSR count). The van der Waals surface area contributed by atoms with E-state index in [1.54, 1.807) is 0 Å². The highest BCUT2D eigenvalue weighted by molar-refractivity contribution is 6.00. The average Bonchev–Trinajstić information content (AvgIpc) is 1.77. The third-order valence-corrected chi connectivity index (χ3v) is 16.2. The number of hydrogen-bond acceptors (Lipinski definition) is 20. The first-order valence-corrected chi connectivity index (χ1v) is 30.3. The molecule has 0 spiro atoms. The van der Waals surface area contributed by atoms with Gasteiger partial charge in [0.05, 0.1) is 52.4 Å². The first-order valence-electron chi connectivity index (χ1n) is 30.3. The lowest BCUT2D eigenvalue weighted by atomic mass is 10.1. The molecule has 0 unspecified atom stereocenters. The summed E-state index contributed by atoms with van der Waals surface area (Å²) in [6.07, 6.45) is 2.06. The van der Waals surface area contributed by atoms with E-state index >= 15 is 0 Å². The van der Waals surface area contributed by atoms with Crippen LogP contribution in [0.1, 0.15) is 90.4 Å². The van der Waals surface area contributed by atoms with Crippen LogP contribution in [0.15, 0.2) is 0 Å². The lowest BCUT2D eigenvalue weighted by Gasteiger charge is -2.31. The summed E-state index contributed by atoms with van der Waals surface area (Å²) in [6, 6.07) is -12.8. The quantitative estimate of drug-likeness (QED) is 0.0169. The Kier molecular flexibility index (Phi) is 28.2. The molecule has 0 aliphatic carbocycles. The smallest absolute Gasteiger partial charge is 0.326 e. The van der Waals surface area contributed by atoms with Crippen LogP contribution in [0.4, 0.5) is 0 Å². The number of aliphatic hydroxyl groups is 2. The second kappa shape index (κ2) is 35.3. The highest BCUT2D eigenvalue weighted by Crippen LogP contribution is 2.26. The van der Waals surface area contributed by atoms with Crippen LogP contribution in [-0.2, 0) is 76.7 Å². The van der Waals surface area contributed by atoms with Crippen LogP contribution in [-0.4, -0.2) is 291 Å². The summed E-state index contributed by atoms with van der Waals surface area (Å²) in [5, 5.41) is 69.4. The molecule has 10 atom stereocenters. The van der Waals surface area contributed by atoms with E-state index in [0.29, 0.717) is 32.1 Å². The van der Waals surface area contributed by atoms with Gasteiger partial charge in [0.15, 0.2) is 5.96 Å². The Bertz CT molecular complexity index is 2810. The predicted molar refractivity (Wildman–Crippen MR) is 313 cm³/mol. The first kappa shape index (κ1) is 73.4. The lowest BCUT2D eigenvalue weighted by molar-refractivity contribution is -0.147. The van der Waals surface area contributed by atoms with Gasteiger partial charge in [0.1, 0.15) is 60.4 Å². The summed E-state index contributed by atoms with van der Waals surface area (Å²) in [6.45, 7) is -2.71. The minimum atomic E-state index is -1.77. The topological polar surface area (TPSA) is 566 Å². The van der Waals surface area contributed by atoms with Crippen molar-refractivity contribution in [3.05, 3.63) is 0 Å². The molecule has 0 aromatic carbocycles. The van der Waals surface area contributed by atoms with E-state index in [1.165, 1.54) is 26.5 Å². The number of carbonyl (C=O) groups excluding carboxylic acids is 14. The summed E-state index contributed by atoms with van der Waals surface area (Å²) in [7, 11) is 0. The standard InChI is InChI=1S/C54H84N18O20/c1-28(44(82)59-22-39(76)64-30(20-43(80)81)46(84)66-29(53(91)92)8-2-14-58-54(56)57)63-49(87)35-11-3-15-68(35)40(77)23-60-45(83)31(26-73)67-50(88)36-12-4-16-69(36)41(78)24-61-48(86)34-10-6-19-72(34)52(90)37-13-7-17-70(37)42(79)25-62-47(85)33-9-5-18-71(33)51(89)32(27-74)65-38(75)21-55/h28-37,73-74H,2-27,55H2,1H3,(H,59,82)(H,60,83)(H,61,86)(H,62,85)(H,63,87)(H,64,76)(H,65,75)(H,66,84)(H,67,88)(H,80,81)(H,91,92)(H4,56,57,58)/t28-,29-,30-,31-,32-,33-,34-,35-,36-,37-/m0/s1. The Morgan fingerprint density at radius 1 is 0.478 bits per heavy atom. The molecule has 510 valence electrons. The fourth-order valence-electron chi connectivity index (χ4n) is 11.4. The number of aliphatic carboxylic acids is 2. The maximum Gasteiger partial charge on any atom is 0.326 e. The van der Waals surface area contributed by atoms with Crippen LogP contribution in [0.2, 0.25) is 0 Å². The third kappa shape index (κ3) is 20.6. The van der Waals surface area contributed by atoms with Crippen molar-refractivity contribution in [3.8, 4) is 0 Å². The molecule has 0 saturated carbocycles. The molecule has 5 saturated heterocycles. The van der Waals surface area contributed by atoms with Crippen LogP contribution >= 0.6 is 0 Å². The average molecular weight is 1310 g/mol. The number of likely N-dealkylation sites (tertiary alicyclic amines) is 5. The van der Waals surface area contributed by atoms with Crippen LogP contribution in [0.5, 0.6) is 0 Å². The summed E-state index contributed by atoms with van der Waals surface area (Å²) < 4.78 is 0. The zero-order chi connectivity index (χ0) is 67.9. The lowest BCUT2D eigenvalue weighted by Crippen LogP contribution is -2.57. The van der Waals surface area contributed by atoms with Gasteiger partial charge in [-0.3, -0.25) is 77.3 Å². The monoisotopic (exact) mass is 1300 g/mol. The number of rotatable bonds is 32. The summed E-state index contributed by atoms with van der Waals surface area (Å²) in [5.41, 5.74) is 10.5. The van der Waals surface area contributed by atoms with E-state index < -0.39 is 207 Å². The van der Waals surface area contributed by atoms with E-state index in [9.17, 15) is 97.1 Å². The summed E-state index contributed by atoms with van der Waals surface area (Å²) in [4.78, 5) is 214. The Morgan fingerprint density at radius 2 is 0.924 bits per heavy atom. The van der Waals surface area contributed by atoms with E-state index in [-0.39, 0.29) is 90.2 Å². The molecule has 5 aliphatic heterocycles. The van der Waals surface area contributed by atoms with Gasteiger partial charge in [0, 0.05) is 39.3 Å².